The Morgan fingerprint density at radius 1 is 0.471 bits per heavy atom. The average molecular weight is 955 g/mol. The molecule has 0 N–H and O–H groups in total. The smallest absolute Gasteiger partial charge is 0.297 e. The van der Waals surface area contributed by atoms with E-state index < -0.39 is 0 Å². The van der Waals surface area contributed by atoms with Crippen LogP contribution >= 0.6 is 34.0 Å². The number of hydrogen-bond acceptors (Lipinski definition) is 6. The van der Waals surface area contributed by atoms with Crippen molar-refractivity contribution in [1.29, 1.82) is 0 Å². The van der Waals surface area contributed by atoms with Crippen LogP contribution < -0.4 is 26.4 Å². The molecule has 14 rings (SSSR count). The Morgan fingerprint density at radius 3 is 1.64 bits per heavy atom. The quantitative estimate of drug-likeness (QED) is 0.160. The molecule has 0 atom stereocenters. The minimum atomic E-state index is -0.158. The van der Waals surface area contributed by atoms with Crippen molar-refractivity contribution >= 4 is 133 Å². The van der Waals surface area contributed by atoms with Gasteiger partial charge in [0.1, 0.15) is 5.58 Å². The number of rotatable bonds is 5. The van der Waals surface area contributed by atoms with Crippen molar-refractivity contribution in [3.8, 4) is 31.3 Å². The Bertz CT molecular complexity index is 4020. The van der Waals surface area contributed by atoms with E-state index in [1.165, 1.54) is 118 Å². The van der Waals surface area contributed by atoms with Crippen LogP contribution in [0.1, 0.15) is 43.0 Å². The highest BCUT2D eigenvalue weighted by Gasteiger charge is 2.47. The lowest BCUT2D eigenvalue weighted by Crippen LogP contribution is -2.61. The van der Waals surface area contributed by atoms with Gasteiger partial charge in [0.05, 0.1) is 17.0 Å². The molecule has 0 fully saturated rings. The fourth-order valence-corrected chi connectivity index (χ4v) is 14.5. The summed E-state index contributed by atoms with van der Waals surface area (Å²) in [6.07, 6.45) is 0. The second kappa shape index (κ2) is 15.4. The molecule has 3 nitrogen and oxygen atoms in total. The van der Waals surface area contributed by atoms with Crippen LogP contribution in [0.5, 0.6) is 0 Å². The number of aryl methyl sites for hydroxylation is 3. The third-order valence-electron chi connectivity index (χ3n) is 14.6. The molecule has 2 aliphatic heterocycles. The van der Waals surface area contributed by atoms with E-state index in [-0.39, 0.29) is 12.1 Å². The van der Waals surface area contributed by atoms with Crippen molar-refractivity contribution in [2.75, 3.05) is 9.80 Å². The molecule has 0 bridgehead atoms. The Hall–Kier alpha value is -7.16. The second-order valence-corrected chi connectivity index (χ2v) is 23.6. The molecule has 12 aromatic rings. The molecule has 0 radical (unpaired) electrons. The second-order valence-electron chi connectivity index (χ2n) is 20.3. The molecule has 70 heavy (non-hydrogen) atoms. The zero-order valence-electron chi connectivity index (χ0n) is 39.8. The number of thiophene rings is 3. The van der Waals surface area contributed by atoms with E-state index in [0.717, 1.165) is 28.0 Å². The first-order valence-corrected chi connectivity index (χ1v) is 26.6. The monoisotopic (exact) mass is 954 g/mol. The van der Waals surface area contributed by atoms with Crippen LogP contribution in [0, 0.1) is 20.8 Å². The molecule has 0 spiro atoms. The van der Waals surface area contributed by atoms with Crippen LogP contribution in [-0.4, -0.2) is 6.71 Å². The Morgan fingerprint density at radius 2 is 1.04 bits per heavy atom. The third kappa shape index (κ3) is 6.45. The van der Waals surface area contributed by atoms with Crippen molar-refractivity contribution in [2.45, 2.75) is 47.0 Å². The lowest BCUT2D eigenvalue weighted by Gasteiger charge is -2.43. The van der Waals surface area contributed by atoms with E-state index in [9.17, 15) is 0 Å². The summed E-state index contributed by atoms with van der Waals surface area (Å²) in [5.41, 5.74) is 20.0. The SMILES string of the molecule is Cc1cc2c3c(c1)N(c1c(C)cc(-c4cc5ccccc5s4)cc1C)c1c(oc4ccc(C(C)(C)C)cc14)B3c1ccc(-c3cc4ccccc4s3)cc1N2c1cccc(-c2cc3ccccc3s2)c1. The molecule has 0 saturated carbocycles. The van der Waals surface area contributed by atoms with Gasteiger partial charge in [0.2, 0.25) is 0 Å². The largest absolute Gasteiger partial charge is 0.468 e. The Labute approximate surface area is 420 Å². The summed E-state index contributed by atoms with van der Waals surface area (Å²) >= 11 is 5.59. The standard InChI is InChI=1S/C63H47BN2OS3/c1-36-26-50-59-51(27-36)66(60-37(2)28-44(29-38(60)3)58-34-42-16-9-12-21-55(42)70-58)61-47-35-45(63(4,5)6)23-25-52(47)67-62(61)64(59)48-24-22-43(57-33-41-15-8-11-20-54(41)69-57)31-49(48)65(50)46-18-13-17-39(30-46)56-32-40-14-7-10-19-53(40)68-56/h7-35H,1-6H3. The molecule has 2 aliphatic rings. The number of furan rings is 1. The molecule has 0 amide bonds. The van der Waals surface area contributed by atoms with Crippen LogP contribution in [-0.2, 0) is 5.41 Å². The van der Waals surface area contributed by atoms with Crippen molar-refractivity contribution in [3.05, 3.63) is 198 Å². The van der Waals surface area contributed by atoms with Crippen LogP contribution in [0.15, 0.2) is 180 Å². The molecule has 8 aromatic carbocycles. The highest BCUT2D eigenvalue weighted by molar-refractivity contribution is 7.23. The van der Waals surface area contributed by atoms with E-state index in [2.05, 4.69) is 227 Å². The fraction of sp³-hybridized carbons (Fsp3) is 0.111. The van der Waals surface area contributed by atoms with Gasteiger partial charge in [0.25, 0.3) is 6.71 Å². The van der Waals surface area contributed by atoms with Crippen molar-refractivity contribution in [1.82, 2.24) is 0 Å². The number of anilines is 6. The first kappa shape index (κ1) is 41.8. The van der Waals surface area contributed by atoms with Gasteiger partial charge in [-0.25, -0.2) is 0 Å². The van der Waals surface area contributed by atoms with Crippen molar-refractivity contribution in [3.63, 3.8) is 0 Å². The highest BCUT2D eigenvalue weighted by atomic mass is 32.1. The Kier molecular flexibility index (Phi) is 9.21. The molecular weight excluding hydrogens is 908 g/mol. The lowest BCUT2D eigenvalue weighted by atomic mass is 9.35. The summed E-state index contributed by atoms with van der Waals surface area (Å²) in [6.45, 7) is 13.6. The summed E-state index contributed by atoms with van der Waals surface area (Å²) in [6, 6.07) is 66.2. The summed E-state index contributed by atoms with van der Waals surface area (Å²) in [5.74, 6) is 0. The first-order valence-electron chi connectivity index (χ1n) is 24.2. The molecule has 7 heteroatoms. The maximum atomic E-state index is 7.40. The third-order valence-corrected chi connectivity index (χ3v) is 18.1. The number of nitrogens with zero attached hydrogens (tertiary/aromatic N) is 2. The average Bonchev–Trinajstić information content (AvgIpc) is 4.17. The number of benzene rings is 8. The minimum absolute atomic E-state index is 0.0530. The van der Waals surface area contributed by atoms with E-state index in [4.69, 9.17) is 4.42 Å². The van der Waals surface area contributed by atoms with Gasteiger partial charge < -0.3 is 14.2 Å². The summed E-state index contributed by atoms with van der Waals surface area (Å²) in [4.78, 5) is 8.95. The first-order chi connectivity index (χ1) is 34.0. The topological polar surface area (TPSA) is 19.6 Å². The van der Waals surface area contributed by atoms with Crippen LogP contribution in [0.2, 0.25) is 0 Å². The zero-order chi connectivity index (χ0) is 47.2. The molecule has 336 valence electrons. The summed E-state index contributed by atoms with van der Waals surface area (Å²) < 4.78 is 11.3. The van der Waals surface area contributed by atoms with E-state index in [1.807, 2.05) is 34.0 Å². The highest BCUT2D eigenvalue weighted by Crippen LogP contribution is 2.51. The van der Waals surface area contributed by atoms with Gasteiger partial charge in [-0.05, 0) is 183 Å². The fourth-order valence-electron chi connectivity index (χ4n) is 11.4. The lowest BCUT2D eigenvalue weighted by molar-refractivity contribution is 0.590. The molecule has 0 aliphatic carbocycles. The summed E-state index contributed by atoms with van der Waals surface area (Å²) in [7, 11) is 0. The predicted octanol–water partition coefficient (Wildman–Crippen LogP) is 17.4. The van der Waals surface area contributed by atoms with Gasteiger partial charge >= 0.3 is 0 Å². The Balaban J connectivity index is 1.04. The van der Waals surface area contributed by atoms with Crippen LogP contribution in [0.4, 0.5) is 34.1 Å². The maximum absolute atomic E-state index is 7.40. The van der Waals surface area contributed by atoms with Gasteiger partial charge in [-0.2, -0.15) is 0 Å². The predicted molar refractivity (Wildman–Crippen MR) is 306 cm³/mol. The van der Waals surface area contributed by atoms with Gasteiger partial charge in [-0.15, -0.1) is 34.0 Å². The zero-order valence-corrected chi connectivity index (χ0v) is 42.3. The van der Waals surface area contributed by atoms with Gasteiger partial charge in [-0.1, -0.05) is 106 Å². The van der Waals surface area contributed by atoms with Gasteiger partial charge in [0, 0.05) is 56.9 Å². The summed E-state index contributed by atoms with van der Waals surface area (Å²) in [5, 5.41) is 4.98. The number of fused-ring (bicyclic) bond motifs is 9. The molecule has 6 heterocycles. The van der Waals surface area contributed by atoms with Crippen molar-refractivity contribution in [2.24, 2.45) is 0 Å². The van der Waals surface area contributed by atoms with Gasteiger partial charge in [0.15, 0.2) is 0 Å². The van der Waals surface area contributed by atoms with E-state index in [1.54, 1.807) is 0 Å². The molecule has 0 unspecified atom stereocenters. The van der Waals surface area contributed by atoms with E-state index >= 15 is 0 Å². The van der Waals surface area contributed by atoms with Crippen LogP contribution in [0.25, 0.3) is 72.5 Å². The molecule has 0 saturated heterocycles. The van der Waals surface area contributed by atoms with Crippen LogP contribution in [0.3, 0.4) is 0 Å². The van der Waals surface area contributed by atoms with Crippen molar-refractivity contribution < 1.29 is 4.42 Å². The number of hydrogen-bond donors (Lipinski definition) is 0. The minimum Gasteiger partial charge on any atom is -0.468 e. The van der Waals surface area contributed by atoms with Gasteiger partial charge in [-0.3, -0.25) is 0 Å². The van der Waals surface area contributed by atoms with E-state index in [0.29, 0.717) is 0 Å². The maximum Gasteiger partial charge on any atom is 0.297 e. The normalized spacial score (nSPS) is 13.2. The molecule has 4 aromatic heterocycles. The molecular formula is C63H47BN2OS3.